The van der Waals surface area contributed by atoms with Gasteiger partial charge >= 0.3 is 0 Å². The van der Waals surface area contributed by atoms with E-state index in [2.05, 4.69) is 101 Å². The summed E-state index contributed by atoms with van der Waals surface area (Å²) < 4.78 is 0. The molecule has 0 heteroatoms. The van der Waals surface area contributed by atoms with E-state index in [1.54, 1.807) is 38.3 Å². The normalized spacial score (nSPS) is 43.3. The number of benzene rings is 2. The van der Waals surface area contributed by atoms with Crippen molar-refractivity contribution in [2.75, 3.05) is 0 Å². The van der Waals surface area contributed by atoms with Crippen LogP contribution in [0.2, 0.25) is 0 Å². The van der Waals surface area contributed by atoms with Crippen LogP contribution in [-0.2, 0) is 6.42 Å². The number of allylic oxidation sites excluding steroid dienone is 10. The summed E-state index contributed by atoms with van der Waals surface area (Å²) in [5.74, 6) is 11.9. The minimum absolute atomic E-state index is 0.426. The molecule has 11 aliphatic carbocycles. The van der Waals surface area contributed by atoms with Crippen molar-refractivity contribution in [2.24, 2.45) is 87.8 Å². The first-order valence-corrected chi connectivity index (χ1v) is 25.0. The van der Waals surface area contributed by atoms with E-state index in [0.29, 0.717) is 16.7 Å². The maximum Gasteiger partial charge on any atom is 0.00646 e. The first kappa shape index (κ1) is 35.9. The molecular weight excluding hydrogens is 697 g/mol. The molecular formula is C58H70. The van der Waals surface area contributed by atoms with E-state index in [1.165, 1.54) is 108 Å². The van der Waals surface area contributed by atoms with Crippen LogP contribution in [0.4, 0.5) is 0 Å². The Morgan fingerprint density at radius 2 is 1.55 bits per heavy atom. The van der Waals surface area contributed by atoms with Crippen molar-refractivity contribution in [2.45, 2.75) is 136 Å². The average Bonchev–Trinajstić information content (AvgIpc) is 3.65. The van der Waals surface area contributed by atoms with Crippen LogP contribution >= 0.6 is 0 Å². The van der Waals surface area contributed by atoms with E-state index in [0.717, 1.165) is 76.9 Å². The molecule has 14 atom stereocenters. The lowest BCUT2D eigenvalue weighted by Crippen LogP contribution is -2.47. The SMILES string of the molecule is CC1(C)C2CC(C3CCC4CC=C5CCCC6C=CC3C4C56)=CCC2C2[C@@H]1C1CCC(C3=CC=CC(c4ccc5c6c7c(ccc46)=CCCC=7CC5)C3)C[C@H]1C2(C)C. The summed E-state index contributed by atoms with van der Waals surface area (Å²) in [4.78, 5) is 0. The molecule has 13 rings (SSSR count). The van der Waals surface area contributed by atoms with Crippen LogP contribution < -0.4 is 10.4 Å². The third kappa shape index (κ3) is 4.93. The van der Waals surface area contributed by atoms with Gasteiger partial charge in [0.2, 0.25) is 0 Å². The summed E-state index contributed by atoms with van der Waals surface area (Å²) in [5, 5.41) is 6.29. The fraction of sp³-hybridized carbons (Fsp3) is 0.621. The van der Waals surface area contributed by atoms with Crippen molar-refractivity contribution < 1.29 is 0 Å². The van der Waals surface area contributed by atoms with Gasteiger partial charge in [-0.1, -0.05) is 123 Å². The van der Waals surface area contributed by atoms with Gasteiger partial charge in [-0.25, -0.2) is 0 Å². The minimum Gasteiger partial charge on any atom is -0.0847 e. The van der Waals surface area contributed by atoms with Crippen LogP contribution in [0.5, 0.6) is 0 Å². The lowest BCUT2D eigenvalue weighted by atomic mass is 9.49. The van der Waals surface area contributed by atoms with Crippen molar-refractivity contribution in [1.29, 1.82) is 0 Å². The standard InChI is InChI=1S/C58H70/c1-57(2)49-31-40(39-12-7-13-41(30-39)43-24-18-37-16-14-33-8-5-10-35-20-26-45(43)53(37)51(33)35)22-28-47(49)55-56(57)48-29-23-42(32-50(48)58(55,3)4)44-25-19-38-17-15-34-9-6-11-36-21-27-46(44)54(38)52(34)36/h7,10,12-13,15,18,20-21,23-24,26-27,36,38,40-41,44,46-50,52,54-56H,5-6,8-9,11,14,16-17,19,22,25,28-32H2,1-4H3/t36?,38?,40?,41?,44?,46?,47?,48?,49-,50?,52?,54?,55+,56?/m1/s1. The molecule has 0 amide bonds. The molecule has 5 fully saturated rings. The largest absolute Gasteiger partial charge is 0.0847 e. The van der Waals surface area contributed by atoms with Crippen molar-refractivity contribution in [3.8, 4) is 0 Å². The second kappa shape index (κ2) is 12.8. The fourth-order valence-electron chi connectivity index (χ4n) is 18.8. The molecule has 0 radical (unpaired) electrons. The van der Waals surface area contributed by atoms with Gasteiger partial charge < -0.3 is 0 Å². The number of hydrogen-bond donors (Lipinski definition) is 0. The predicted octanol–water partition coefficient (Wildman–Crippen LogP) is 13.4. The molecule has 0 aliphatic heterocycles. The number of fused-ring (bicyclic) bond motifs is 5. The number of rotatable bonds is 3. The van der Waals surface area contributed by atoms with Crippen LogP contribution in [-0.4, -0.2) is 0 Å². The Balaban J connectivity index is 0.753. The summed E-state index contributed by atoms with van der Waals surface area (Å²) in [6.45, 7) is 11.1. The molecule has 0 aromatic heterocycles. The summed E-state index contributed by atoms with van der Waals surface area (Å²) in [5.41, 5.74) is 11.4. The number of hydrogen-bond acceptors (Lipinski definition) is 0. The van der Waals surface area contributed by atoms with E-state index in [1.807, 2.05) is 11.1 Å². The van der Waals surface area contributed by atoms with Crippen molar-refractivity contribution in [3.63, 3.8) is 0 Å². The first-order chi connectivity index (χ1) is 28.3. The Bertz CT molecular complexity index is 2370. The van der Waals surface area contributed by atoms with Crippen molar-refractivity contribution in [3.05, 3.63) is 105 Å². The maximum absolute atomic E-state index is 2.90. The highest BCUT2D eigenvalue weighted by molar-refractivity contribution is 5.93. The Morgan fingerprint density at radius 1 is 0.672 bits per heavy atom. The maximum atomic E-state index is 2.90. The smallest absolute Gasteiger partial charge is 0.00646 e. The molecule has 0 N–H and O–H groups in total. The Morgan fingerprint density at radius 3 is 2.48 bits per heavy atom. The lowest BCUT2D eigenvalue weighted by molar-refractivity contribution is 0.0352. The molecule has 2 aromatic rings. The van der Waals surface area contributed by atoms with Gasteiger partial charge in [-0.05, 0) is 223 Å². The Labute approximate surface area is 350 Å². The molecule has 58 heavy (non-hydrogen) atoms. The second-order valence-electron chi connectivity index (χ2n) is 23.6. The van der Waals surface area contributed by atoms with Gasteiger partial charge in [-0.15, -0.1) is 0 Å². The van der Waals surface area contributed by atoms with E-state index in [9.17, 15) is 0 Å². The van der Waals surface area contributed by atoms with Crippen LogP contribution in [0, 0.1) is 87.8 Å². The monoisotopic (exact) mass is 767 g/mol. The highest BCUT2D eigenvalue weighted by atomic mass is 14.7. The molecule has 0 nitrogen and oxygen atoms in total. The highest BCUT2D eigenvalue weighted by Crippen LogP contribution is 2.75. The third-order valence-corrected chi connectivity index (χ3v) is 21.0. The predicted molar refractivity (Wildman–Crippen MR) is 242 cm³/mol. The fourth-order valence-corrected chi connectivity index (χ4v) is 18.8. The zero-order valence-corrected chi connectivity index (χ0v) is 36.3. The number of aryl methyl sites for hydroxylation is 1. The molecule has 5 saturated carbocycles. The molecule has 0 heterocycles. The van der Waals surface area contributed by atoms with Gasteiger partial charge in [0, 0.05) is 5.92 Å². The Kier molecular flexibility index (Phi) is 7.93. The average molecular weight is 767 g/mol. The molecule has 0 bridgehead atoms. The molecule has 12 unspecified atom stereocenters. The van der Waals surface area contributed by atoms with Gasteiger partial charge in [-0.3, -0.25) is 0 Å². The van der Waals surface area contributed by atoms with Crippen LogP contribution in [0.25, 0.3) is 22.4 Å². The van der Waals surface area contributed by atoms with Gasteiger partial charge in [0.15, 0.2) is 0 Å². The van der Waals surface area contributed by atoms with Gasteiger partial charge in [0.1, 0.15) is 0 Å². The summed E-state index contributed by atoms with van der Waals surface area (Å²) in [7, 11) is 0. The second-order valence-corrected chi connectivity index (χ2v) is 23.6. The van der Waals surface area contributed by atoms with Crippen LogP contribution in [0.3, 0.4) is 0 Å². The van der Waals surface area contributed by atoms with Gasteiger partial charge in [0.05, 0.1) is 0 Å². The minimum atomic E-state index is 0.426. The van der Waals surface area contributed by atoms with E-state index in [4.69, 9.17) is 0 Å². The summed E-state index contributed by atoms with van der Waals surface area (Å²) >= 11 is 0. The Hall–Kier alpha value is -2.86. The zero-order chi connectivity index (χ0) is 38.7. The van der Waals surface area contributed by atoms with Gasteiger partial charge in [0.25, 0.3) is 0 Å². The molecule has 11 aliphatic rings. The van der Waals surface area contributed by atoms with E-state index in [-0.39, 0.29) is 0 Å². The first-order valence-electron chi connectivity index (χ1n) is 25.0. The summed E-state index contributed by atoms with van der Waals surface area (Å²) in [6, 6.07) is 10.0. The van der Waals surface area contributed by atoms with Crippen LogP contribution in [0.15, 0.2) is 83.5 Å². The van der Waals surface area contributed by atoms with Crippen LogP contribution in [0.1, 0.15) is 141 Å². The summed E-state index contributed by atoms with van der Waals surface area (Å²) in [6.07, 6.45) is 43.2. The lowest BCUT2D eigenvalue weighted by Gasteiger charge is -2.55. The highest BCUT2D eigenvalue weighted by Gasteiger charge is 2.69. The molecule has 302 valence electrons. The van der Waals surface area contributed by atoms with E-state index >= 15 is 0 Å². The topological polar surface area (TPSA) is 0 Å². The zero-order valence-electron chi connectivity index (χ0n) is 36.3. The third-order valence-electron chi connectivity index (χ3n) is 21.0. The van der Waals surface area contributed by atoms with E-state index < -0.39 is 0 Å². The molecule has 0 spiro atoms. The molecule has 0 saturated heterocycles. The molecule has 2 aromatic carbocycles. The van der Waals surface area contributed by atoms with Crippen molar-refractivity contribution in [1.82, 2.24) is 0 Å². The quantitative estimate of drug-likeness (QED) is 0.273. The van der Waals surface area contributed by atoms with Crippen molar-refractivity contribution >= 4 is 22.4 Å². The van der Waals surface area contributed by atoms with Gasteiger partial charge in [-0.2, -0.15) is 0 Å².